The monoisotopic (exact) mass is 356 g/mol. The quantitative estimate of drug-likeness (QED) is 0.879. The number of carbonyl (C=O) groups is 1. The SMILES string of the molecule is Cc1occc1C(=O)NC1CCN(Cc2cnc(N)s2)CC1.Cl. The summed E-state index contributed by atoms with van der Waals surface area (Å²) in [5, 5.41) is 3.71. The first-order chi connectivity index (χ1) is 10.6. The number of piperidine rings is 1. The van der Waals surface area contributed by atoms with Crippen LogP contribution in [0.4, 0.5) is 5.13 Å². The summed E-state index contributed by atoms with van der Waals surface area (Å²) in [7, 11) is 0. The molecule has 8 heteroatoms. The number of halogens is 1. The molecule has 126 valence electrons. The molecule has 2 aromatic rings. The average Bonchev–Trinajstić information content (AvgIpc) is 3.10. The number of amides is 1. The highest BCUT2D eigenvalue weighted by molar-refractivity contribution is 7.15. The zero-order valence-corrected chi connectivity index (χ0v) is 14.6. The number of anilines is 1. The maximum Gasteiger partial charge on any atom is 0.255 e. The standard InChI is InChI=1S/C15H20N4O2S.ClH/c1-10-13(4-7-21-10)14(20)18-11-2-5-19(6-3-11)9-12-8-17-15(16)22-12;/h4,7-8,11H,2-3,5-6,9H2,1H3,(H2,16,17)(H,18,20);1H. The molecule has 0 bridgehead atoms. The fraction of sp³-hybridized carbons (Fsp3) is 0.467. The Labute approximate surface area is 145 Å². The summed E-state index contributed by atoms with van der Waals surface area (Å²) in [4.78, 5) is 19.8. The van der Waals surface area contributed by atoms with Crippen LogP contribution in [-0.4, -0.2) is 34.9 Å². The first-order valence-electron chi connectivity index (χ1n) is 7.39. The number of thiazole rings is 1. The second-order valence-corrected chi connectivity index (χ2v) is 6.73. The van der Waals surface area contributed by atoms with Gasteiger partial charge in [-0.1, -0.05) is 0 Å². The molecule has 3 rings (SSSR count). The van der Waals surface area contributed by atoms with Crippen LogP contribution < -0.4 is 11.1 Å². The van der Waals surface area contributed by atoms with Gasteiger partial charge >= 0.3 is 0 Å². The minimum atomic E-state index is -0.0417. The zero-order valence-electron chi connectivity index (χ0n) is 12.9. The third-order valence-corrected chi connectivity index (χ3v) is 4.79. The Morgan fingerprint density at radius 1 is 1.52 bits per heavy atom. The lowest BCUT2D eigenvalue weighted by molar-refractivity contribution is 0.0907. The summed E-state index contributed by atoms with van der Waals surface area (Å²) in [6, 6.07) is 1.94. The smallest absolute Gasteiger partial charge is 0.255 e. The molecular formula is C15H21ClN4O2S. The fourth-order valence-electron chi connectivity index (χ4n) is 2.74. The van der Waals surface area contributed by atoms with Gasteiger partial charge in [-0.2, -0.15) is 0 Å². The van der Waals surface area contributed by atoms with E-state index in [0.29, 0.717) is 16.5 Å². The molecule has 3 heterocycles. The van der Waals surface area contributed by atoms with Crippen LogP contribution in [0.3, 0.4) is 0 Å². The fourth-order valence-corrected chi connectivity index (χ4v) is 3.46. The van der Waals surface area contributed by atoms with E-state index in [-0.39, 0.29) is 24.4 Å². The van der Waals surface area contributed by atoms with E-state index in [0.717, 1.165) is 32.5 Å². The van der Waals surface area contributed by atoms with Gasteiger partial charge in [0.1, 0.15) is 5.76 Å². The molecular weight excluding hydrogens is 336 g/mol. The molecule has 0 saturated carbocycles. The highest BCUT2D eigenvalue weighted by atomic mass is 35.5. The van der Waals surface area contributed by atoms with Crippen molar-refractivity contribution in [2.75, 3.05) is 18.8 Å². The molecule has 0 aliphatic carbocycles. The van der Waals surface area contributed by atoms with Gasteiger partial charge in [0.15, 0.2) is 5.13 Å². The first-order valence-corrected chi connectivity index (χ1v) is 8.21. The third kappa shape index (κ3) is 4.46. The number of hydrogen-bond acceptors (Lipinski definition) is 6. The van der Waals surface area contributed by atoms with Gasteiger partial charge in [-0.05, 0) is 25.8 Å². The molecule has 0 unspecified atom stereocenters. The summed E-state index contributed by atoms with van der Waals surface area (Å²) >= 11 is 1.54. The van der Waals surface area contributed by atoms with Crippen LogP contribution in [0.15, 0.2) is 22.9 Å². The van der Waals surface area contributed by atoms with Crippen LogP contribution in [0.25, 0.3) is 0 Å². The Morgan fingerprint density at radius 3 is 2.83 bits per heavy atom. The minimum absolute atomic E-state index is 0. The predicted octanol–water partition coefficient (Wildman–Crippen LogP) is 2.44. The largest absolute Gasteiger partial charge is 0.469 e. The molecule has 6 nitrogen and oxygen atoms in total. The van der Waals surface area contributed by atoms with Gasteiger partial charge in [0.25, 0.3) is 5.91 Å². The van der Waals surface area contributed by atoms with E-state index in [1.807, 2.05) is 6.20 Å². The van der Waals surface area contributed by atoms with Gasteiger partial charge in [0.05, 0.1) is 11.8 Å². The van der Waals surface area contributed by atoms with Crippen LogP contribution in [0, 0.1) is 6.92 Å². The van der Waals surface area contributed by atoms with Crippen molar-refractivity contribution in [1.82, 2.24) is 15.2 Å². The van der Waals surface area contributed by atoms with E-state index in [4.69, 9.17) is 10.2 Å². The third-order valence-electron chi connectivity index (χ3n) is 3.98. The molecule has 0 aromatic carbocycles. The van der Waals surface area contributed by atoms with E-state index in [1.165, 1.54) is 16.2 Å². The number of aromatic nitrogens is 1. The van der Waals surface area contributed by atoms with Crippen molar-refractivity contribution in [3.63, 3.8) is 0 Å². The molecule has 1 fully saturated rings. The molecule has 3 N–H and O–H groups in total. The molecule has 1 amide bonds. The molecule has 23 heavy (non-hydrogen) atoms. The number of aryl methyl sites for hydroxylation is 1. The number of nitrogens with two attached hydrogens (primary N) is 1. The van der Waals surface area contributed by atoms with Gasteiger partial charge in [0.2, 0.25) is 0 Å². The average molecular weight is 357 g/mol. The van der Waals surface area contributed by atoms with E-state index in [1.54, 1.807) is 19.3 Å². The molecule has 1 saturated heterocycles. The number of likely N-dealkylation sites (tertiary alicyclic amines) is 1. The van der Waals surface area contributed by atoms with E-state index < -0.39 is 0 Å². The Morgan fingerprint density at radius 2 is 2.26 bits per heavy atom. The summed E-state index contributed by atoms with van der Waals surface area (Å²) in [6.45, 7) is 4.62. The highest BCUT2D eigenvalue weighted by Gasteiger charge is 2.22. The zero-order chi connectivity index (χ0) is 15.5. The number of carbonyl (C=O) groups excluding carboxylic acids is 1. The van der Waals surface area contributed by atoms with Crippen molar-refractivity contribution in [2.45, 2.75) is 32.4 Å². The lowest BCUT2D eigenvalue weighted by Gasteiger charge is -2.31. The predicted molar refractivity (Wildman–Crippen MR) is 93.0 cm³/mol. The maximum absolute atomic E-state index is 12.2. The number of rotatable bonds is 4. The van der Waals surface area contributed by atoms with Crippen molar-refractivity contribution in [1.29, 1.82) is 0 Å². The van der Waals surface area contributed by atoms with Crippen LogP contribution in [0.1, 0.15) is 33.8 Å². The summed E-state index contributed by atoms with van der Waals surface area (Å²) in [5.74, 6) is 0.623. The molecule has 1 aliphatic rings. The number of nitrogen functional groups attached to an aromatic ring is 1. The maximum atomic E-state index is 12.2. The molecule has 0 atom stereocenters. The van der Waals surface area contributed by atoms with Gasteiger partial charge < -0.3 is 15.5 Å². The summed E-state index contributed by atoms with van der Waals surface area (Å²) in [6.07, 6.45) is 5.30. The lowest BCUT2D eigenvalue weighted by atomic mass is 10.0. The molecule has 0 radical (unpaired) electrons. The Balaban J connectivity index is 0.00000192. The molecule has 2 aromatic heterocycles. The Bertz CT molecular complexity index is 649. The normalized spacial score (nSPS) is 16.0. The van der Waals surface area contributed by atoms with Gasteiger partial charge in [-0.3, -0.25) is 9.69 Å². The van der Waals surface area contributed by atoms with Crippen molar-refractivity contribution in [3.8, 4) is 0 Å². The van der Waals surface area contributed by atoms with Crippen molar-refractivity contribution < 1.29 is 9.21 Å². The Hall–Kier alpha value is -1.57. The summed E-state index contributed by atoms with van der Waals surface area (Å²) in [5.41, 5.74) is 6.28. The van der Waals surface area contributed by atoms with Gasteiger partial charge in [-0.25, -0.2) is 4.98 Å². The van der Waals surface area contributed by atoms with E-state index in [9.17, 15) is 4.79 Å². The van der Waals surface area contributed by atoms with Crippen molar-refractivity contribution in [3.05, 3.63) is 34.7 Å². The second kappa shape index (κ2) is 7.81. The highest BCUT2D eigenvalue weighted by Crippen LogP contribution is 2.20. The van der Waals surface area contributed by atoms with Crippen molar-refractivity contribution >= 4 is 34.8 Å². The van der Waals surface area contributed by atoms with Crippen LogP contribution in [0.2, 0.25) is 0 Å². The second-order valence-electron chi connectivity index (χ2n) is 5.58. The first kappa shape index (κ1) is 17.8. The van der Waals surface area contributed by atoms with Crippen LogP contribution >= 0.6 is 23.7 Å². The van der Waals surface area contributed by atoms with Crippen molar-refractivity contribution in [2.24, 2.45) is 0 Å². The number of hydrogen-bond donors (Lipinski definition) is 2. The number of nitrogens with zero attached hydrogens (tertiary/aromatic N) is 2. The van der Waals surface area contributed by atoms with Gasteiger partial charge in [-0.15, -0.1) is 23.7 Å². The Kier molecular flexibility index (Phi) is 6.04. The summed E-state index contributed by atoms with van der Waals surface area (Å²) < 4.78 is 5.18. The van der Waals surface area contributed by atoms with Crippen LogP contribution in [0.5, 0.6) is 0 Å². The molecule has 0 spiro atoms. The minimum Gasteiger partial charge on any atom is -0.469 e. The van der Waals surface area contributed by atoms with Gasteiger partial charge in [0, 0.05) is 36.8 Å². The van der Waals surface area contributed by atoms with E-state index >= 15 is 0 Å². The van der Waals surface area contributed by atoms with Crippen LogP contribution in [-0.2, 0) is 6.54 Å². The number of furan rings is 1. The lowest BCUT2D eigenvalue weighted by Crippen LogP contribution is -2.44. The number of nitrogens with one attached hydrogen (secondary N) is 1. The van der Waals surface area contributed by atoms with E-state index in [2.05, 4.69) is 15.2 Å². The molecule has 1 aliphatic heterocycles. The topological polar surface area (TPSA) is 84.4 Å².